The van der Waals surface area contributed by atoms with Crippen LogP contribution in [0.4, 0.5) is 0 Å². The van der Waals surface area contributed by atoms with E-state index >= 15 is 0 Å². The molecule has 1 heterocycles. The molecule has 0 N–H and O–H groups in total. The highest BCUT2D eigenvalue weighted by molar-refractivity contribution is 5.96. The summed E-state index contributed by atoms with van der Waals surface area (Å²) in [6.45, 7) is 8.03. The van der Waals surface area contributed by atoms with Crippen LogP contribution in [0.2, 0.25) is 0 Å². The van der Waals surface area contributed by atoms with E-state index in [1.807, 2.05) is 32.1 Å². The summed E-state index contributed by atoms with van der Waals surface area (Å²) in [5, 5.41) is 0. The standard InChI is InChI=1S/C15H20N2O/c1-5-8-14(12(2)3)16-11-13(4)17-10-7-6-9-15(17)18/h5-12H,1-4H3/b8-5?,13-11+,16-14?. The molecule has 0 spiro atoms. The molecule has 1 aromatic heterocycles. The Morgan fingerprint density at radius 3 is 2.67 bits per heavy atom. The van der Waals surface area contributed by atoms with Crippen LogP contribution in [0.1, 0.15) is 27.7 Å². The smallest absolute Gasteiger partial charge is 0.254 e. The predicted octanol–water partition coefficient (Wildman–Crippen LogP) is 3.34. The topological polar surface area (TPSA) is 34.4 Å². The summed E-state index contributed by atoms with van der Waals surface area (Å²) < 4.78 is 1.58. The average molecular weight is 244 g/mol. The minimum atomic E-state index is -0.0430. The largest absolute Gasteiger partial charge is 0.287 e. The van der Waals surface area contributed by atoms with E-state index in [4.69, 9.17) is 0 Å². The summed E-state index contributed by atoms with van der Waals surface area (Å²) in [6, 6.07) is 5.10. The number of pyridine rings is 1. The van der Waals surface area contributed by atoms with Gasteiger partial charge >= 0.3 is 0 Å². The fraction of sp³-hybridized carbons (Fsp3) is 0.333. The molecule has 0 radical (unpaired) electrons. The number of allylic oxidation sites excluding steroid dienone is 3. The SMILES string of the molecule is CC=CC(=N/C=C(\C)n1ccccc1=O)C(C)C. The fourth-order valence-corrected chi connectivity index (χ4v) is 1.50. The van der Waals surface area contributed by atoms with E-state index in [0.717, 1.165) is 11.4 Å². The maximum atomic E-state index is 11.6. The maximum absolute atomic E-state index is 11.6. The first kappa shape index (κ1) is 14.2. The average Bonchev–Trinajstić information content (AvgIpc) is 2.34. The summed E-state index contributed by atoms with van der Waals surface area (Å²) in [6.07, 6.45) is 7.43. The van der Waals surface area contributed by atoms with Gasteiger partial charge in [0, 0.05) is 29.9 Å². The van der Waals surface area contributed by atoms with Gasteiger partial charge in [-0.3, -0.25) is 14.4 Å². The summed E-state index contributed by atoms with van der Waals surface area (Å²) >= 11 is 0. The van der Waals surface area contributed by atoms with E-state index in [1.54, 1.807) is 23.0 Å². The summed E-state index contributed by atoms with van der Waals surface area (Å²) in [4.78, 5) is 16.1. The van der Waals surface area contributed by atoms with Crippen LogP contribution in [0.25, 0.3) is 5.70 Å². The molecule has 0 amide bonds. The lowest BCUT2D eigenvalue weighted by molar-refractivity contribution is 0.888. The molecule has 3 nitrogen and oxygen atoms in total. The Hall–Kier alpha value is -1.90. The normalized spacial score (nSPS) is 13.6. The van der Waals surface area contributed by atoms with Crippen molar-refractivity contribution < 1.29 is 0 Å². The van der Waals surface area contributed by atoms with Gasteiger partial charge in [0.25, 0.3) is 5.56 Å². The molecule has 0 aliphatic carbocycles. The minimum absolute atomic E-state index is 0.0430. The summed E-state index contributed by atoms with van der Waals surface area (Å²) in [5.74, 6) is 0.359. The van der Waals surface area contributed by atoms with Crippen LogP contribution in [0.15, 0.2) is 52.5 Å². The van der Waals surface area contributed by atoms with Gasteiger partial charge in [-0.05, 0) is 31.9 Å². The molecule has 0 bridgehead atoms. The molecule has 1 aromatic rings. The van der Waals surface area contributed by atoms with Crippen molar-refractivity contribution in [1.29, 1.82) is 0 Å². The van der Waals surface area contributed by atoms with E-state index < -0.39 is 0 Å². The molecule has 18 heavy (non-hydrogen) atoms. The highest BCUT2D eigenvalue weighted by Gasteiger charge is 2.00. The fourth-order valence-electron chi connectivity index (χ4n) is 1.50. The zero-order chi connectivity index (χ0) is 13.5. The van der Waals surface area contributed by atoms with Crippen LogP contribution < -0.4 is 5.56 Å². The van der Waals surface area contributed by atoms with E-state index in [-0.39, 0.29) is 5.56 Å². The quantitative estimate of drug-likeness (QED) is 0.748. The molecule has 0 saturated carbocycles. The Bertz CT molecular complexity index is 533. The second-order valence-electron chi connectivity index (χ2n) is 4.39. The van der Waals surface area contributed by atoms with Gasteiger partial charge in [0.1, 0.15) is 0 Å². The van der Waals surface area contributed by atoms with Crippen LogP contribution in [0.5, 0.6) is 0 Å². The van der Waals surface area contributed by atoms with Crippen molar-refractivity contribution in [3.63, 3.8) is 0 Å². The third-order valence-corrected chi connectivity index (χ3v) is 2.53. The monoisotopic (exact) mass is 244 g/mol. The minimum Gasteiger partial charge on any atom is -0.287 e. The number of aliphatic imine (C=N–C) groups is 1. The molecule has 0 unspecified atom stereocenters. The Morgan fingerprint density at radius 1 is 1.39 bits per heavy atom. The van der Waals surface area contributed by atoms with E-state index in [9.17, 15) is 4.79 Å². The van der Waals surface area contributed by atoms with Crippen molar-refractivity contribution in [2.45, 2.75) is 27.7 Å². The number of nitrogens with zero attached hydrogens (tertiary/aromatic N) is 2. The number of rotatable bonds is 4. The zero-order valence-corrected chi connectivity index (χ0v) is 11.4. The van der Waals surface area contributed by atoms with Crippen LogP contribution in [0.3, 0.4) is 0 Å². The lowest BCUT2D eigenvalue weighted by atomic mass is 10.1. The lowest BCUT2D eigenvalue weighted by Crippen LogP contribution is -2.15. The zero-order valence-electron chi connectivity index (χ0n) is 11.4. The predicted molar refractivity (Wildman–Crippen MR) is 77.7 cm³/mol. The highest BCUT2D eigenvalue weighted by Crippen LogP contribution is 2.04. The van der Waals surface area contributed by atoms with Gasteiger partial charge in [-0.15, -0.1) is 0 Å². The van der Waals surface area contributed by atoms with Gasteiger partial charge in [0.15, 0.2) is 0 Å². The van der Waals surface area contributed by atoms with Crippen molar-refractivity contribution in [1.82, 2.24) is 4.57 Å². The van der Waals surface area contributed by atoms with Crippen molar-refractivity contribution >= 4 is 11.4 Å². The van der Waals surface area contributed by atoms with E-state index in [0.29, 0.717) is 5.92 Å². The molecule has 0 aromatic carbocycles. The third-order valence-electron chi connectivity index (χ3n) is 2.53. The lowest BCUT2D eigenvalue weighted by Gasteiger charge is -2.05. The van der Waals surface area contributed by atoms with Crippen LogP contribution >= 0.6 is 0 Å². The van der Waals surface area contributed by atoms with Crippen LogP contribution in [-0.2, 0) is 0 Å². The Balaban J connectivity index is 3.07. The molecule has 0 aliphatic heterocycles. The van der Waals surface area contributed by atoms with Gasteiger partial charge < -0.3 is 0 Å². The van der Waals surface area contributed by atoms with E-state index in [2.05, 4.69) is 18.8 Å². The molecule has 96 valence electrons. The van der Waals surface area contributed by atoms with Crippen molar-refractivity contribution in [2.24, 2.45) is 10.9 Å². The van der Waals surface area contributed by atoms with Gasteiger partial charge in [-0.2, -0.15) is 0 Å². The van der Waals surface area contributed by atoms with Gasteiger partial charge in [-0.1, -0.05) is 26.0 Å². The van der Waals surface area contributed by atoms with E-state index in [1.165, 1.54) is 6.07 Å². The summed E-state index contributed by atoms with van der Waals surface area (Å²) in [5.41, 5.74) is 1.77. The van der Waals surface area contributed by atoms with Crippen LogP contribution in [0, 0.1) is 5.92 Å². The van der Waals surface area contributed by atoms with Gasteiger partial charge in [0.05, 0.1) is 0 Å². The highest BCUT2D eigenvalue weighted by atomic mass is 16.1. The Labute approximate surface area is 108 Å². The summed E-state index contributed by atoms with van der Waals surface area (Å²) in [7, 11) is 0. The van der Waals surface area contributed by atoms with Crippen molar-refractivity contribution in [3.05, 3.63) is 53.1 Å². The molecule has 0 saturated heterocycles. The Morgan fingerprint density at radius 2 is 2.11 bits per heavy atom. The second-order valence-corrected chi connectivity index (χ2v) is 4.39. The molecule has 0 fully saturated rings. The van der Waals surface area contributed by atoms with Crippen molar-refractivity contribution in [3.8, 4) is 0 Å². The number of hydrogen-bond donors (Lipinski definition) is 0. The third kappa shape index (κ3) is 3.84. The van der Waals surface area contributed by atoms with Crippen molar-refractivity contribution in [2.75, 3.05) is 0 Å². The molecular formula is C15H20N2O. The second kappa shape index (κ2) is 6.74. The first-order valence-corrected chi connectivity index (χ1v) is 6.11. The molecule has 3 heteroatoms. The van der Waals surface area contributed by atoms with Crippen LogP contribution in [-0.4, -0.2) is 10.3 Å². The van der Waals surface area contributed by atoms with Gasteiger partial charge in [0.2, 0.25) is 0 Å². The number of aromatic nitrogens is 1. The van der Waals surface area contributed by atoms with Gasteiger partial charge in [-0.25, -0.2) is 0 Å². The first-order chi connectivity index (χ1) is 8.56. The molecule has 1 rings (SSSR count). The first-order valence-electron chi connectivity index (χ1n) is 6.11. The maximum Gasteiger partial charge on any atom is 0.254 e. The Kier molecular flexibility index (Phi) is 5.31. The molecular weight excluding hydrogens is 224 g/mol. The molecule has 0 aliphatic rings. The number of hydrogen-bond acceptors (Lipinski definition) is 2. The molecule has 0 atom stereocenters.